The molecule has 0 aliphatic rings. The molecule has 0 bridgehead atoms. The number of rotatable bonds is 8. The molecule has 0 radical (unpaired) electrons. The Hall–Kier alpha value is -4.13. The standard InChI is InChI=1S/C24H23N5O2/c1-31-22-8-2-18(3-9-22)10-12-27-24(30)19-11-13-26-23(16-19)28-20-4-6-21(7-5-20)29-15-14-25-17-29/h2-9,11,13-17H,10,12H2,1H3,(H,26,28)(H,27,30). The van der Waals surface area contributed by atoms with E-state index in [2.05, 4.69) is 20.6 Å². The molecule has 0 spiro atoms. The van der Waals surface area contributed by atoms with Crippen LogP contribution < -0.4 is 15.4 Å². The summed E-state index contributed by atoms with van der Waals surface area (Å²) in [7, 11) is 1.64. The highest BCUT2D eigenvalue weighted by molar-refractivity contribution is 5.94. The molecular weight excluding hydrogens is 390 g/mol. The number of benzene rings is 2. The molecule has 0 saturated heterocycles. The maximum atomic E-state index is 12.5. The quantitative estimate of drug-likeness (QED) is 0.456. The zero-order chi connectivity index (χ0) is 21.5. The molecule has 0 aliphatic heterocycles. The summed E-state index contributed by atoms with van der Waals surface area (Å²) in [4.78, 5) is 20.9. The molecule has 7 heteroatoms. The number of ether oxygens (including phenoxy) is 1. The van der Waals surface area contributed by atoms with E-state index in [1.165, 1.54) is 0 Å². The molecule has 31 heavy (non-hydrogen) atoms. The Morgan fingerprint density at radius 1 is 1.03 bits per heavy atom. The fraction of sp³-hybridized carbons (Fsp3) is 0.125. The topological polar surface area (TPSA) is 81.1 Å². The van der Waals surface area contributed by atoms with Gasteiger partial charge in [-0.1, -0.05) is 12.1 Å². The predicted molar refractivity (Wildman–Crippen MR) is 120 cm³/mol. The Morgan fingerprint density at radius 2 is 1.84 bits per heavy atom. The first-order valence-corrected chi connectivity index (χ1v) is 9.94. The van der Waals surface area contributed by atoms with Gasteiger partial charge in [-0.25, -0.2) is 9.97 Å². The van der Waals surface area contributed by atoms with Crippen molar-refractivity contribution in [3.8, 4) is 11.4 Å². The molecule has 4 rings (SSSR count). The fourth-order valence-electron chi connectivity index (χ4n) is 3.13. The smallest absolute Gasteiger partial charge is 0.251 e. The molecule has 156 valence electrons. The lowest BCUT2D eigenvalue weighted by molar-refractivity contribution is 0.0954. The van der Waals surface area contributed by atoms with Gasteiger partial charge < -0.3 is 19.9 Å². The van der Waals surface area contributed by atoms with E-state index in [0.717, 1.165) is 29.1 Å². The van der Waals surface area contributed by atoms with Gasteiger partial charge in [-0.2, -0.15) is 0 Å². The monoisotopic (exact) mass is 413 g/mol. The molecule has 2 heterocycles. The Kier molecular flexibility index (Phi) is 6.23. The molecule has 2 N–H and O–H groups in total. The normalized spacial score (nSPS) is 10.5. The van der Waals surface area contributed by atoms with Gasteiger partial charge in [0.2, 0.25) is 0 Å². The van der Waals surface area contributed by atoms with Gasteiger partial charge in [-0.15, -0.1) is 0 Å². The van der Waals surface area contributed by atoms with Gasteiger partial charge in [-0.3, -0.25) is 4.79 Å². The number of amides is 1. The van der Waals surface area contributed by atoms with Crippen molar-refractivity contribution in [2.24, 2.45) is 0 Å². The van der Waals surface area contributed by atoms with Crippen LogP contribution >= 0.6 is 0 Å². The van der Waals surface area contributed by atoms with Crippen LogP contribution in [0.4, 0.5) is 11.5 Å². The first-order chi connectivity index (χ1) is 15.2. The molecular formula is C24H23N5O2. The first-order valence-electron chi connectivity index (χ1n) is 9.94. The van der Waals surface area contributed by atoms with E-state index < -0.39 is 0 Å². The minimum absolute atomic E-state index is 0.130. The van der Waals surface area contributed by atoms with Crippen molar-refractivity contribution in [2.45, 2.75) is 6.42 Å². The van der Waals surface area contributed by atoms with Crippen LogP contribution in [-0.2, 0) is 6.42 Å². The van der Waals surface area contributed by atoms with Gasteiger partial charge in [0, 0.05) is 42.1 Å². The van der Waals surface area contributed by atoms with Gasteiger partial charge in [0.25, 0.3) is 5.91 Å². The summed E-state index contributed by atoms with van der Waals surface area (Å²) in [6, 6.07) is 19.2. The average molecular weight is 413 g/mol. The molecule has 2 aromatic carbocycles. The number of hydrogen-bond acceptors (Lipinski definition) is 5. The summed E-state index contributed by atoms with van der Waals surface area (Å²) in [6.45, 7) is 0.548. The van der Waals surface area contributed by atoms with E-state index in [-0.39, 0.29) is 5.91 Å². The summed E-state index contributed by atoms with van der Waals surface area (Å²) in [5, 5.41) is 6.19. The number of nitrogens with one attached hydrogen (secondary N) is 2. The number of anilines is 2. The van der Waals surface area contributed by atoms with Crippen LogP contribution in [0.25, 0.3) is 5.69 Å². The zero-order valence-corrected chi connectivity index (χ0v) is 17.2. The Labute approximate surface area is 180 Å². The predicted octanol–water partition coefficient (Wildman–Crippen LogP) is 3.99. The van der Waals surface area contributed by atoms with Crippen molar-refractivity contribution in [1.82, 2.24) is 19.9 Å². The Balaban J connectivity index is 1.33. The summed E-state index contributed by atoms with van der Waals surface area (Å²) >= 11 is 0. The largest absolute Gasteiger partial charge is 0.497 e. The number of methoxy groups -OCH3 is 1. The maximum Gasteiger partial charge on any atom is 0.251 e. The Morgan fingerprint density at radius 3 is 2.55 bits per heavy atom. The van der Waals surface area contributed by atoms with Crippen LogP contribution in [0.15, 0.2) is 85.6 Å². The molecule has 7 nitrogen and oxygen atoms in total. The summed E-state index contributed by atoms with van der Waals surface area (Å²) in [6.07, 6.45) is 7.75. The average Bonchev–Trinajstić information content (AvgIpc) is 3.35. The lowest BCUT2D eigenvalue weighted by atomic mass is 10.1. The summed E-state index contributed by atoms with van der Waals surface area (Å²) in [5.41, 5.74) is 3.59. The lowest BCUT2D eigenvalue weighted by Gasteiger charge is -2.09. The highest BCUT2D eigenvalue weighted by Crippen LogP contribution is 2.18. The van der Waals surface area contributed by atoms with Gasteiger partial charge >= 0.3 is 0 Å². The van der Waals surface area contributed by atoms with Crippen LogP contribution in [0.5, 0.6) is 5.75 Å². The third-order valence-corrected chi connectivity index (χ3v) is 4.82. The van der Waals surface area contributed by atoms with Crippen molar-refractivity contribution in [3.05, 3.63) is 96.7 Å². The number of hydrogen-bond donors (Lipinski definition) is 2. The number of imidazole rings is 1. The van der Waals surface area contributed by atoms with E-state index in [9.17, 15) is 4.79 Å². The first kappa shape index (κ1) is 20.2. The van der Waals surface area contributed by atoms with Gasteiger partial charge in [0.05, 0.1) is 13.4 Å². The van der Waals surface area contributed by atoms with Crippen LogP contribution in [0.3, 0.4) is 0 Å². The number of nitrogens with zero attached hydrogens (tertiary/aromatic N) is 3. The summed E-state index contributed by atoms with van der Waals surface area (Å²) < 4.78 is 7.09. The van der Waals surface area contributed by atoms with Crippen molar-refractivity contribution in [3.63, 3.8) is 0 Å². The minimum Gasteiger partial charge on any atom is -0.497 e. The third-order valence-electron chi connectivity index (χ3n) is 4.82. The third kappa shape index (κ3) is 5.27. The minimum atomic E-state index is -0.130. The fourth-order valence-corrected chi connectivity index (χ4v) is 3.13. The number of carbonyl (C=O) groups excluding carboxylic acids is 1. The maximum absolute atomic E-state index is 12.5. The van der Waals surface area contributed by atoms with Gasteiger partial charge in [0.15, 0.2) is 0 Å². The molecule has 1 amide bonds. The SMILES string of the molecule is COc1ccc(CCNC(=O)c2ccnc(Nc3ccc(-n4ccnc4)cc3)c2)cc1. The molecule has 2 aromatic heterocycles. The number of aromatic nitrogens is 3. The molecule has 0 unspecified atom stereocenters. The Bertz CT molecular complexity index is 1120. The number of carbonyl (C=O) groups is 1. The number of pyridine rings is 1. The second-order valence-electron chi connectivity index (χ2n) is 6.93. The van der Waals surface area contributed by atoms with E-state index in [1.807, 2.05) is 59.3 Å². The molecule has 0 saturated carbocycles. The van der Waals surface area contributed by atoms with Crippen molar-refractivity contribution < 1.29 is 9.53 Å². The molecule has 0 atom stereocenters. The van der Waals surface area contributed by atoms with E-state index >= 15 is 0 Å². The van der Waals surface area contributed by atoms with Crippen molar-refractivity contribution in [1.29, 1.82) is 0 Å². The van der Waals surface area contributed by atoms with Crippen LogP contribution in [0.2, 0.25) is 0 Å². The molecule has 0 fully saturated rings. The molecule has 4 aromatic rings. The zero-order valence-electron chi connectivity index (χ0n) is 17.2. The molecule has 0 aliphatic carbocycles. The lowest BCUT2D eigenvalue weighted by Crippen LogP contribution is -2.25. The summed E-state index contributed by atoms with van der Waals surface area (Å²) in [5.74, 6) is 1.30. The highest BCUT2D eigenvalue weighted by atomic mass is 16.5. The van der Waals surface area contributed by atoms with E-state index in [0.29, 0.717) is 17.9 Å². The highest BCUT2D eigenvalue weighted by Gasteiger charge is 2.07. The van der Waals surface area contributed by atoms with Gasteiger partial charge in [0.1, 0.15) is 11.6 Å². The van der Waals surface area contributed by atoms with Crippen LogP contribution in [-0.4, -0.2) is 34.1 Å². The van der Waals surface area contributed by atoms with Crippen LogP contribution in [0.1, 0.15) is 15.9 Å². The van der Waals surface area contributed by atoms with Crippen molar-refractivity contribution >= 4 is 17.4 Å². The second-order valence-corrected chi connectivity index (χ2v) is 6.93. The van der Waals surface area contributed by atoms with E-state index in [1.54, 1.807) is 38.0 Å². The van der Waals surface area contributed by atoms with E-state index in [4.69, 9.17) is 4.74 Å². The van der Waals surface area contributed by atoms with Gasteiger partial charge in [-0.05, 0) is 60.5 Å². The van der Waals surface area contributed by atoms with Crippen LogP contribution in [0, 0.1) is 0 Å². The van der Waals surface area contributed by atoms with Crippen molar-refractivity contribution in [2.75, 3.05) is 19.0 Å². The second kappa shape index (κ2) is 9.58.